The summed E-state index contributed by atoms with van der Waals surface area (Å²) >= 11 is 0. The lowest BCUT2D eigenvalue weighted by molar-refractivity contribution is -0.151. The van der Waals surface area contributed by atoms with Crippen LogP contribution in [0, 0.1) is 11.2 Å². The van der Waals surface area contributed by atoms with Crippen LogP contribution in [0.5, 0.6) is 0 Å². The Morgan fingerprint density at radius 2 is 2.39 bits per heavy atom. The molecule has 1 fully saturated rings. The van der Waals surface area contributed by atoms with Gasteiger partial charge in [0, 0.05) is 19.3 Å². The monoisotopic (exact) mass is 252 g/mol. The minimum atomic E-state index is -0.760. The number of carbonyl (C=O) groups is 1. The van der Waals surface area contributed by atoms with E-state index in [0.717, 1.165) is 18.5 Å². The summed E-state index contributed by atoms with van der Waals surface area (Å²) in [5.41, 5.74) is 0.0866. The van der Waals surface area contributed by atoms with E-state index in [-0.39, 0.29) is 5.82 Å². The molecule has 1 saturated heterocycles. The molecule has 1 unspecified atom stereocenters. The molecular formula is C13H17FN2O2. The molecule has 98 valence electrons. The Labute approximate surface area is 105 Å². The first-order chi connectivity index (χ1) is 8.49. The molecule has 2 rings (SSSR count). The lowest BCUT2D eigenvalue weighted by Crippen LogP contribution is -2.45. The van der Waals surface area contributed by atoms with Crippen LogP contribution in [0.1, 0.15) is 25.3 Å². The number of hydrogen-bond donors (Lipinski definition) is 1. The molecule has 0 bridgehead atoms. The summed E-state index contributed by atoms with van der Waals surface area (Å²) in [5.74, 6) is -1.12. The second-order valence-electron chi connectivity index (χ2n) is 5.19. The SMILES string of the molecule is CC1(C(=O)O)CCCN(Cc2cncc(F)c2)C1. The average Bonchev–Trinajstić information content (AvgIpc) is 2.29. The Morgan fingerprint density at radius 3 is 3.06 bits per heavy atom. The first kappa shape index (κ1) is 13.0. The Hall–Kier alpha value is -1.49. The molecule has 18 heavy (non-hydrogen) atoms. The molecule has 4 nitrogen and oxygen atoms in total. The minimum absolute atomic E-state index is 0.356. The highest BCUT2D eigenvalue weighted by atomic mass is 19.1. The van der Waals surface area contributed by atoms with Gasteiger partial charge in [0.05, 0.1) is 11.6 Å². The first-order valence-electron chi connectivity index (χ1n) is 6.05. The van der Waals surface area contributed by atoms with E-state index in [2.05, 4.69) is 4.98 Å². The lowest BCUT2D eigenvalue weighted by Gasteiger charge is -2.37. The average molecular weight is 252 g/mol. The summed E-state index contributed by atoms with van der Waals surface area (Å²) in [4.78, 5) is 17.1. The number of carboxylic acids is 1. The van der Waals surface area contributed by atoms with Crippen molar-refractivity contribution < 1.29 is 14.3 Å². The largest absolute Gasteiger partial charge is 0.481 e. The predicted octanol–water partition coefficient (Wildman–Crippen LogP) is 1.91. The molecule has 5 heteroatoms. The van der Waals surface area contributed by atoms with E-state index in [1.807, 2.05) is 4.90 Å². The molecule has 1 N–H and O–H groups in total. The third-order valence-electron chi connectivity index (χ3n) is 3.46. The Morgan fingerprint density at radius 1 is 1.61 bits per heavy atom. The molecule has 1 aromatic rings. The second kappa shape index (κ2) is 5.02. The van der Waals surface area contributed by atoms with Gasteiger partial charge in [0.1, 0.15) is 5.82 Å². The Balaban J connectivity index is 2.04. The topological polar surface area (TPSA) is 53.4 Å². The minimum Gasteiger partial charge on any atom is -0.481 e. The number of hydrogen-bond acceptors (Lipinski definition) is 3. The molecule has 1 aromatic heterocycles. The fourth-order valence-corrected chi connectivity index (χ4v) is 2.45. The van der Waals surface area contributed by atoms with Gasteiger partial charge in [0.15, 0.2) is 0 Å². The van der Waals surface area contributed by atoms with Crippen LogP contribution in [-0.4, -0.2) is 34.0 Å². The zero-order valence-electron chi connectivity index (χ0n) is 10.4. The number of halogens is 1. The van der Waals surface area contributed by atoms with Gasteiger partial charge in [-0.2, -0.15) is 0 Å². The number of pyridine rings is 1. The number of aromatic nitrogens is 1. The van der Waals surface area contributed by atoms with Crippen LogP contribution >= 0.6 is 0 Å². The number of nitrogens with zero attached hydrogens (tertiary/aromatic N) is 2. The van der Waals surface area contributed by atoms with E-state index < -0.39 is 11.4 Å². The quantitative estimate of drug-likeness (QED) is 0.892. The Bertz CT molecular complexity index is 452. The predicted molar refractivity (Wildman–Crippen MR) is 64.4 cm³/mol. The van der Waals surface area contributed by atoms with Gasteiger partial charge in [0.2, 0.25) is 0 Å². The van der Waals surface area contributed by atoms with E-state index in [0.29, 0.717) is 19.5 Å². The van der Waals surface area contributed by atoms with Gasteiger partial charge in [0.25, 0.3) is 0 Å². The number of likely N-dealkylation sites (tertiary alicyclic amines) is 1. The van der Waals surface area contributed by atoms with Crippen molar-refractivity contribution in [2.45, 2.75) is 26.3 Å². The zero-order chi connectivity index (χ0) is 13.2. The molecule has 0 spiro atoms. The first-order valence-corrected chi connectivity index (χ1v) is 6.05. The number of carboxylic acid groups (broad SMARTS) is 1. The maximum absolute atomic E-state index is 13.0. The van der Waals surface area contributed by atoms with Gasteiger partial charge in [-0.1, -0.05) is 0 Å². The van der Waals surface area contributed by atoms with Crippen LogP contribution in [0.2, 0.25) is 0 Å². The lowest BCUT2D eigenvalue weighted by atomic mass is 9.82. The summed E-state index contributed by atoms with van der Waals surface area (Å²) < 4.78 is 13.0. The summed E-state index contributed by atoms with van der Waals surface area (Å²) in [6.07, 6.45) is 4.34. The number of piperidine rings is 1. The fraction of sp³-hybridized carbons (Fsp3) is 0.538. The van der Waals surface area contributed by atoms with Gasteiger partial charge in [-0.05, 0) is 37.9 Å². The molecule has 2 heterocycles. The maximum atomic E-state index is 13.0. The normalized spacial score (nSPS) is 25.0. The highest BCUT2D eigenvalue weighted by Gasteiger charge is 2.37. The molecule has 0 radical (unpaired) electrons. The van der Waals surface area contributed by atoms with Crippen molar-refractivity contribution >= 4 is 5.97 Å². The van der Waals surface area contributed by atoms with E-state index >= 15 is 0 Å². The van der Waals surface area contributed by atoms with Crippen LogP contribution in [0.25, 0.3) is 0 Å². The van der Waals surface area contributed by atoms with Crippen molar-refractivity contribution in [2.75, 3.05) is 13.1 Å². The smallest absolute Gasteiger partial charge is 0.310 e. The van der Waals surface area contributed by atoms with Crippen LogP contribution in [0.4, 0.5) is 4.39 Å². The summed E-state index contributed by atoms with van der Waals surface area (Å²) in [6, 6.07) is 1.44. The van der Waals surface area contributed by atoms with Gasteiger partial charge >= 0.3 is 5.97 Å². The van der Waals surface area contributed by atoms with E-state index in [9.17, 15) is 14.3 Å². The molecule has 0 aliphatic carbocycles. The van der Waals surface area contributed by atoms with Crippen molar-refractivity contribution in [3.8, 4) is 0 Å². The third kappa shape index (κ3) is 2.85. The standard InChI is InChI=1S/C13H17FN2O2/c1-13(12(17)18)3-2-4-16(9-13)8-10-5-11(14)7-15-6-10/h5-7H,2-4,8-9H2,1H3,(H,17,18). The number of aliphatic carboxylic acids is 1. The van der Waals surface area contributed by atoms with Crippen LogP contribution < -0.4 is 0 Å². The second-order valence-corrected chi connectivity index (χ2v) is 5.19. The van der Waals surface area contributed by atoms with Crippen molar-refractivity contribution in [1.82, 2.24) is 9.88 Å². The van der Waals surface area contributed by atoms with Crippen molar-refractivity contribution in [3.63, 3.8) is 0 Å². The van der Waals surface area contributed by atoms with Crippen LogP contribution in [0.3, 0.4) is 0 Å². The fourth-order valence-electron chi connectivity index (χ4n) is 2.45. The molecule has 1 atom stereocenters. The summed E-state index contributed by atoms with van der Waals surface area (Å²) in [7, 11) is 0. The van der Waals surface area contributed by atoms with E-state index in [1.54, 1.807) is 13.1 Å². The van der Waals surface area contributed by atoms with Crippen molar-refractivity contribution in [2.24, 2.45) is 5.41 Å². The highest BCUT2D eigenvalue weighted by Crippen LogP contribution is 2.30. The summed E-state index contributed by atoms with van der Waals surface area (Å²) in [5, 5.41) is 9.23. The molecule has 0 aromatic carbocycles. The Kier molecular flexibility index (Phi) is 3.61. The van der Waals surface area contributed by atoms with E-state index in [4.69, 9.17) is 0 Å². The van der Waals surface area contributed by atoms with Crippen LogP contribution in [-0.2, 0) is 11.3 Å². The molecule has 0 saturated carbocycles. The molecule has 0 amide bonds. The molecular weight excluding hydrogens is 235 g/mol. The van der Waals surface area contributed by atoms with Gasteiger partial charge in [-0.25, -0.2) is 4.39 Å². The van der Waals surface area contributed by atoms with Gasteiger partial charge < -0.3 is 5.11 Å². The third-order valence-corrected chi connectivity index (χ3v) is 3.46. The molecule has 1 aliphatic heterocycles. The highest BCUT2D eigenvalue weighted by molar-refractivity contribution is 5.74. The number of rotatable bonds is 3. The van der Waals surface area contributed by atoms with Gasteiger partial charge in [-0.15, -0.1) is 0 Å². The van der Waals surface area contributed by atoms with Crippen molar-refractivity contribution in [3.05, 3.63) is 29.8 Å². The van der Waals surface area contributed by atoms with Crippen molar-refractivity contribution in [1.29, 1.82) is 0 Å². The van der Waals surface area contributed by atoms with Crippen LogP contribution in [0.15, 0.2) is 18.5 Å². The van der Waals surface area contributed by atoms with E-state index in [1.165, 1.54) is 12.3 Å². The zero-order valence-corrected chi connectivity index (χ0v) is 10.4. The maximum Gasteiger partial charge on any atom is 0.310 e. The van der Waals surface area contributed by atoms with Gasteiger partial charge in [-0.3, -0.25) is 14.7 Å². The summed E-state index contributed by atoms with van der Waals surface area (Å²) in [6.45, 7) is 3.66. The molecule has 1 aliphatic rings.